The quantitative estimate of drug-likeness (QED) is 0.504. The minimum atomic E-state index is -0.991. The zero-order valence-corrected chi connectivity index (χ0v) is 17.8. The van der Waals surface area contributed by atoms with Gasteiger partial charge in [0.25, 0.3) is 0 Å². The zero-order chi connectivity index (χ0) is 22.3. The van der Waals surface area contributed by atoms with Gasteiger partial charge in [-0.25, -0.2) is 9.18 Å². The van der Waals surface area contributed by atoms with Gasteiger partial charge in [-0.1, -0.05) is 24.3 Å². The molecule has 0 spiro atoms. The first-order valence-corrected chi connectivity index (χ1v) is 10.9. The number of hydrogen-bond donors (Lipinski definition) is 2. The Hall–Kier alpha value is -3.00. The summed E-state index contributed by atoms with van der Waals surface area (Å²) in [5.41, 5.74) is 1.32. The maximum Gasteiger partial charge on any atom is 0.342 e. The Morgan fingerprint density at radius 1 is 1.13 bits per heavy atom. The number of carboxylic acid groups (broad SMARTS) is 1. The number of esters is 1. The predicted molar refractivity (Wildman–Crippen MR) is 114 cm³/mol. The van der Waals surface area contributed by atoms with Crippen LogP contribution < -0.4 is 5.32 Å². The van der Waals surface area contributed by atoms with Gasteiger partial charge >= 0.3 is 11.9 Å². The van der Waals surface area contributed by atoms with Gasteiger partial charge in [-0.3, -0.25) is 9.59 Å². The number of carbonyl (C=O) groups excluding carboxylic acids is 2. The van der Waals surface area contributed by atoms with Crippen molar-refractivity contribution < 1.29 is 28.6 Å². The highest BCUT2D eigenvalue weighted by Crippen LogP contribution is 2.49. The minimum absolute atomic E-state index is 0.131. The normalized spacial score (nSPS) is 23.9. The number of amides is 1. The number of thiophene rings is 1. The van der Waals surface area contributed by atoms with Crippen LogP contribution >= 0.6 is 11.3 Å². The van der Waals surface area contributed by atoms with Crippen LogP contribution in [0.2, 0.25) is 0 Å². The smallest absolute Gasteiger partial charge is 0.342 e. The first kappa shape index (κ1) is 21.2. The molecule has 162 valence electrons. The average Bonchev–Trinajstić information content (AvgIpc) is 3.42. The maximum atomic E-state index is 13.4. The van der Waals surface area contributed by atoms with Crippen LogP contribution in [-0.2, 0) is 14.3 Å². The van der Waals surface area contributed by atoms with Gasteiger partial charge in [-0.15, -0.1) is 11.3 Å². The number of aliphatic carboxylic acids is 1. The molecule has 2 aliphatic rings. The molecule has 0 saturated heterocycles. The summed E-state index contributed by atoms with van der Waals surface area (Å²) in [6.07, 6.45) is 4.05. The first-order chi connectivity index (χ1) is 14.8. The summed E-state index contributed by atoms with van der Waals surface area (Å²) < 4.78 is 18.7. The Labute approximate surface area is 182 Å². The molecule has 8 heteroatoms. The number of fused-ring (bicyclic) bond motifs is 2. The highest BCUT2D eigenvalue weighted by atomic mass is 32.1. The third kappa shape index (κ3) is 3.99. The molecule has 1 amide bonds. The van der Waals surface area contributed by atoms with Crippen LogP contribution in [-0.4, -0.2) is 29.1 Å². The lowest BCUT2D eigenvalue weighted by Gasteiger charge is -2.23. The van der Waals surface area contributed by atoms with Crippen molar-refractivity contribution in [3.05, 3.63) is 53.2 Å². The number of benzene rings is 1. The van der Waals surface area contributed by atoms with E-state index in [2.05, 4.69) is 5.32 Å². The number of nitrogens with one attached hydrogen (secondary N) is 1. The van der Waals surface area contributed by atoms with Crippen LogP contribution in [0.1, 0.15) is 30.6 Å². The van der Waals surface area contributed by atoms with E-state index in [9.17, 15) is 23.9 Å². The SMILES string of the molecule is CC(C)OC(=O)c1c(-c2ccc(F)cc2)csc1NC(=O)C1C2C=CC(C2)C1C(=O)O. The van der Waals surface area contributed by atoms with Gasteiger partial charge in [-0.2, -0.15) is 0 Å². The summed E-state index contributed by atoms with van der Waals surface area (Å²) in [6.45, 7) is 3.44. The largest absolute Gasteiger partial charge is 0.481 e. The van der Waals surface area contributed by atoms with Crippen molar-refractivity contribution >= 4 is 34.2 Å². The number of rotatable bonds is 6. The lowest BCUT2D eigenvalue weighted by Crippen LogP contribution is -2.36. The van der Waals surface area contributed by atoms with Gasteiger partial charge < -0.3 is 15.2 Å². The van der Waals surface area contributed by atoms with Crippen molar-refractivity contribution in [3.8, 4) is 11.1 Å². The van der Waals surface area contributed by atoms with Crippen molar-refractivity contribution in [2.45, 2.75) is 26.4 Å². The Morgan fingerprint density at radius 3 is 2.39 bits per heavy atom. The van der Waals surface area contributed by atoms with E-state index in [0.29, 0.717) is 22.5 Å². The lowest BCUT2D eigenvalue weighted by atomic mass is 9.82. The molecule has 1 aromatic heterocycles. The van der Waals surface area contributed by atoms with E-state index >= 15 is 0 Å². The van der Waals surface area contributed by atoms with Crippen molar-refractivity contribution in [1.82, 2.24) is 0 Å². The second kappa shape index (κ2) is 8.26. The molecule has 2 N–H and O–H groups in total. The molecule has 1 aromatic carbocycles. The third-order valence-corrected chi connectivity index (χ3v) is 6.67. The van der Waals surface area contributed by atoms with E-state index in [1.54, 1.807) is 31.4 Å². The second-order valence-corrected chi connectivity index (χ2v) is 9.02. The molecule has 1 fully saturated rings. The molecule has 1 saturated carbocycles. The number of anilines is 1. The van der Waals surface area contributed by atoms with Crippen LogP contribution in [0.3, 0.4) is 0 Å². The number of ether oxygens (including phenoxy) is 1. The van der Waals surface area contributed by atoms with Crippen molar-refractivity contribution in [1.29, 1.82) is 0 Å². The number of carbonyl (C=O) groups is 3. The van der Waals surface area contributed by atoms with E-state index < -0.39 is 35.5 Å². The van der Waals surface area contributed by atoms with Gasteiger partial charge in [0.15, 0.2) is 0 Å². The number of carboxylic acids is 1. The van der Waals surface area contributed by atoms with E-state index in [4.69, 9.17) is 4.74 Å². The Balaban J connectivity index is 1.67. The van der Waals surface area contributed by atoms with Gasteiger partial charge in [0.05, 0.1) is 17.9 Å². The zero-order valence-electron chi connectivity index (χ0n) is 17.0. The highest BCUT2D eigenvalue weighted by Gasteiger charge is 2.51. The van der Waals surface area contributed by atoms with E-state index in [-0.39, 0.29) is 23.5 Å². The van der Waals surface area contributed by atoms with Crippen molar-refractivity contribution in [2.75, 3.05) is 5.32 Å². The summed E-state index contributed by atoms with van der Waals surface area (Å²) in [4.78, 5) is 37.7. The van der Waals surface area contributed by atoms with Crippen LogP contribution in [0.4, 0.5) is 9.39 Å². The lowest BCUT2D eigenvalue weighted by molar-refractivity contribution is -0.146. The molecular formula is C23H22FNO5S. The molecule has 6 nitrogen and oxygen atoms in total. The average molecular weight is 443 g/mol. The van der Waals surface area contributed by atoms with Gasteiger partial charge in [0.2, 0.25) is 5.91 Å². The fourth-order valence-electron chi connectivity index (χ4n) is 4.48. The van der Waals surface area contributed by atoms with Gasteiger partial charge in [-0.05, 0) is 49.8 Å². The fraction of sp³-hybridized carbons (Fsp3) is 0.348. The van der Waals surface area contributed by atoms with Crippen LogP contribution in [0, 0.1) is 29.5 Å². The fourth-order valence-corrected chi connectivity index (χ4v) is 5.44. The summed E-state index contributed by atoms with van der Waals surface area (Å²) in [5.74, 6) is -4.17. The molecule has 4 unspecified atom stereocenters. The molecule has 1 heterocycles. The number of hydrogen-bond acceptors (Lipinski definition) is 5. The van der Waals surface area contributed by atoms with Crippen LogP contribution in [0.5, 0.6) is 0 Å². The summed E-state index contributed by atoms with van der Waals surface area (Å²) in [7, 11) is 0. The molecule has 0 aliphatic heterocycles. The van der Waals surface area contributed by atoms with E-state index in [0.717, 1.165) is 11.3 Å². The topological polar surface area (TPSA) is 92.7 Å². The standard InChI is InChI=1S/C23H22FNO5S/c1-11(2)30-23(29)19-16(12-5-7-15(24)8-6-12)10-31-21(19)25-20(26)17-13-3-4-14(9-13)18(17)22(27)28/h3-8,10-11,13-14,17-18H,9H2,1-2H3,(H,25,26)(H,27,28). The van der Waals surface area contributed by atoms with E-state index in [1.807, 2.05) is 12.2 Å². The molecule has 2 aliphatic carbocycles. The molecule has 4 atom stereocenters. The van der Waals surface area contributed by atoms with Crippen LogP contribution in [0.15, 0.2) is 41.8 Å². The van der Waals surface area contributed by atoms with Gasteiger partial charge in [0, 0.05) is 10.9 Å². The maximum absolute atomic E-state index is 13.4. The molecule has 2 aromatic rings. The summed E-state index contributed by atoms with van der Waals surface area (Å²) >= 11 is 1.16. The van der Waals surface area contributed by atoms with E-state index in [1.165, 1.54) is 12.1 Å². The third-order valence-electron chi connectivity index (χ3n) is 5.78. The minimum Gasteiger partial charge on any atom is -0.481 e. The predicted octanol–water partition coefficient (Wildman–Crippen LogP) is 4.58. The Morgan fingerprint density at radius 2 is 1.77 bits per heavy atom. The molecular weight excluding hydrogens is 421 g/mol. The second-order valence-electron chi connectivity index (χ2n) is 8.14. The first-order valence-electron chi connectivity index (χ1n) is 10.1. The summed E-state index contributed by atoms with van der Waals surface area (Å²) in [5, 5.41) is 14.4. The monoisotopic (exact) mass is 443 g/mol. The molecule has 31 heavy (non-hydrogen) atoms. The Bertz CT molecular complexity index is 1060. The molecule has 2 bridgehead atoms. The molecule has 4 rings (SSSR count). The number of halogens is 1. The van der Waals surface area contributed by atoms with Crippen LogP contribution in [0.25, 0.3) is 11.1 Å². The Kier molecular flexibility index (Phi) is 5.66. The number of allylic oxidation sites excluding steroid dienone is 2. The van der Waals surface area contributed by atoms with Crippen molar-refractivity contribution in [2.24, 2.45) is 23.7 Å². The molecule has 0 radical (unpaired) electrons. The highest BCUT2D eigenvalue weighted by molar-refractivity contribution is 7.15. The summed E-state index contributed by atoms with van der Waals surface area (Å²) in [6, 6.07) is 5.69. The van der Waals surface area contributed by atoms with Gasteiger partial charge in [0.1, 0.15) is 16.4 Å². The van der Waals surface area contributed by atoms with Crippen molar-refractivity contribution in [3.63, 3.8) is 0 Å².